The number of nitrogens with zero attached hydrogens (tertiary/aromatic N) is 4. The highest BCUT2D eigenvalue weighted by Crippen LogP contribution is 2.29. The number of carbonyl (C=O) groups is 3. The standard InChI is InChI=1S/C31H39N5O5S/c1-5-41-27-9-7-6-8-26(27)34-14-16-35(17-15-34)29(38)18-24-21-42-31(32-24)33-28(37)20-36(19-22(2)3)30(39)23-10-12-25(40-4)13-11-23/h6-13,21-22H,5,14-20H2,1-4H3,(H,32,33,37). The van der Waals surface area contributed by atoms with E-state index in [0.717, 1.165) is 24.5 Å². The molecule has 1 fully saturated rings. The molecule has 3 amide bonds. The van der Waals surface area contributed by atoms with E-state index in [1.54, 1.807) is 36.8 Å². The van der Waals surface area contributed by atoms with Gasteiger partial charge in [-0.15, -0.1) is 11.3 Å². The molecule has 3 aromatic rings. The Balaban J connectivity index is 1.29. The van der Waals surface area contributed by atoms with Crippen molar-refractivity contribution in [1.82, 2.24) is 14.8 Å². The summed E-state index contributed by atoms with van der Waals surface area (Å²) < 4.78 is 10.9. The van der Waals surface area contributed by atoms with Gasteiger partial charge in [0.2, 0.25) is 11.8 Å². The fraction of sp³-hybridized carbons (Fsp3) is 0.419. The van der Waals surface area contributed by atoms with Crippen molar-refractivity contribution in [3.05, 3.63) is 65.2 Å². The molecule has 10 nitrogen and oxygen atoms in total. The number of aromatic nitrogens is 1. The third kappa shape index (κ3) is 8.22. The van der Waals surface area contributed by atoms with Gasteiger partial charge in [0.05, 0.1) is 31.5 Å². The summed E-state index contributed by atoms with van der Waals surface area (Å²) >= 11 is 1.27. The van der Waals surface area contributed by atoms with Gasteiger partial charge in [0.25, 0.3) is 5.91 Å². The number of rotatable bonds is 12. The molecule has 0 radical (unpaired) electrons. The predicted octanol–water partition coefficient (Wildman–Crippen LogP) is 4.18. The molecule has 0 spiro atoms. The Kier molecular flexibility index (Phi) is 10.8. The first kappa shape index (κ1) is 30.8. The van der Waals surface area contributed by atoms with Crippen LogP contribution in [0.5, 0.6) is 11.5 Å². The Labute approximate surface area is 251 Å². The molecular weight excluding hydrogens is 554 g/mol. The summed E-state index contributed by atoms with van der Waals surface area (Å²) in [5.74, 6) is 1.13. The Morgan fingerprint density at radius 2 is 1.76 bits per heavy atom. The number of amides is 3. The van der Waals surface area contributed by atoms with Crippen LogP contribution in [0.3, 0.4) is 0 Å². The summed E-state index contributed by atoms with van der Waals surface area (Å²) in [6, 6.07) is 14.8. The highest BCUT2D eigenvalue weighted by molar-refractivity contribution is 7.13. The van der Waals surface area contributed by atoms with Crippen molar-refractivity contribution in [3.63, 3.8) is 0 Å². The second-order valence-corrected chi connectivity index (χ2v) is 11.3. The molecule has 0 bridgehead atoms. The summed E-state index contributed by atoms with van der Waals surface area (Å²) in [6.45, 7) is 9.55. The number of thiazole rings is 1. The number of hydrogen-bond donors (Lipinski definition) is 1. The molecule has 4 rings (SSSR count). The van der Waals surface area contributed by atoms with Crippen LogP contribution in [-0.2, 0) is 16.0 Å². The first-order chi connectivity index (χ1) is 20.3. The van der Waals surface area contributed by atoms with Gasteiger partial charge in [-0.3, -0.25) is 14.4 Å². The maximum atomic E-state index is 13.1. The number of hydrogen-bond acceptors (Lipinski definition) is 8. The maximum Gasteiger partial charge on any atom is 0.254 e. The molecule has 0 aliphatic carbocycles. The number of para-hydroxylation sites is 2. The zero-order valence-corrected chi connectivity index (χ0v) is 25.5. The van der Waals surface area contributed by atoms with Gasteiger partial charge in [0.1, 0.15) is 18.0 Å². The molecule has 0 saturated carbocycles. The first-order valence-corrected chi connectivity index (χ1v) is 15.1. The predicted molar refractivity (Wildman–Crippen MR) is 165 cm³/mol. The van der Waals surface area contributed by atoms with Crippen molar-refractivity contribution in [1.29, 1.82) is 0 Å². The summed E-state index contributed by atoms with van der Waals surface area (Å²) in [6.07, 6.45) is 0.164. The highest BCUT2D eigenvalue weighted by atomic mass is 32.1. The number of methoxy groups -OCH3 is 1. The van der Waals surface area contributed by atoms with E-state index in [0.29, 0.717) is 48.4 Å². The van der Waals surface area contributed by atoms with Crippen molar-refractivity contribution in [2.75, 3.05) is 63.2 Å². The van der Waals surface area contributed by atoms with Gasteiger partial charge >= 0.3 is 0 Å². The van der Waals surface area contributed by atoms with Crippen molar-refractivity contribution < 1.29 is 23.9 Å². The van der Waals surface area contributed by atoms with Gasteiger partial charge in [-0.25, -0.2) is 4.98 Å². The van der Waals surface area contributed by atoms with Gasteiger partial charge in [-0.05, 0) is 49.2 Å². The largest absolute Gasteiger partial charge is 0.497 e. The lowest BCUT2D eigenvalue weighted by molar-refractivity contribution is -0.130. The molecule has 11 heteroatoms. The van der Waals surface area contributed by atoms with Gasteiger partial charge in [-0.2, -0.15) is 0 Å². The van der Waals surface area contributed by atoms with Crippen LogP contribution in [0, 0.1) is 5.92 Å². The average Bonchev–Trinajstić information content (AvgIpc) is 3.43. The maximum absolute atomic E-state index is 13.1. The Bertz CT molecular complexity index is 1350. The van der Waals surface area contributed by atoms with Gasteiger partial charge in [0.15, 0.2) is 5.13 Å². The van der Waals surface area contributed by atoms with Crippen LogP contribution in [0.2, 0.25) is 0 Å². The van der Waals surface area contributed by atoms with Gasteiger partial charge < -0.3 is 29.5 Å². The van der Waals surface area contributed by atoms with Crippen LogP contribution in [0.1, 0.15) is 36.8 Å². The zero-order chi connectivity index (χ0) is 30.1. The molecule has 1 aromatic heterocycles. The van der Waals surface area contributed by atoms with Crippen LogP contribution in [0.15, 0.2) is 53.9 Å². The number of anilines is 2. The van der Waals surface area contributed by atoms with E-state index in [9.17, 15) is 14.4 Å². The van der Waals surface area contributed by atoms with E-state index in [4.69, 9.17) is 9.47 Å². The van der Waals surface area contributed by atoms with Crippen molar-refractivity contribution >= 4 is 39.9 Å². The highest BCUT2D eigenvalue weighted by Gasteiger charge is 2.24. The lowest BCUT2D eigenvalue weighted by Crippen LogP contribution is -2.49. The van der Waals surface area contributed by atoms with E-state index in [1.807, 2.05) is 49.9 Å². The average molecular weight is 594 g/mol. The van der Waals surface area contributed by atoms with Gasteiger partial charge in [-0.1, -0.05) is 26.0 Å². The lowest BCUT2D eigenvalue weighted by atomic mass is 10.1. The van der Waals surface area contributed by atoms with Crippen molar-refractivity contribution in [2.45, 2.75) is 27.2 Å². The lowest BCUT2D eigenvalue weighted by Gasteiger charge is -2.36. The molecule has 0 unspecified atom stereocenters. The number of nitrogens with one attached hydrogen (secondary N) is 1. The molecule has 42 heavy (non-hydrogen) atoms. The number of ether oxygens (including phenoxy) is 2. The third-order valence-corrected chi connectivity index (χ3v) is 7.62. The van der Waals surface area contributed by atoms with E-state index in [2.05, 4.69) is 15.2 Å². The summed E-state index contributed by atoms with van der Waals surface area (Å²) in [5, 5.41) is 4.99. The van der Waals surface area contributed by atoms with E-state index < -0.39 is 0 Å². The number of benzene rings is 2. The minimum atomic E-state index is -0.340. The molecule has 2 aromatic carbocycles. The smallest absolute Gasteiger partial charge is 0.254 e. The molecule has 1 saturated heterocycles. The topological polar surface area (TPSA) is 104 Å². The Morgan fingerprint density at radius 3 is 2.43 bits per heavy atom. The summed E-state index contributed by atoms with van der Waals surface area (Å²) in [4.78, 5) is 49.1. The van der Waals surface area contributed by atoms with Gasteiger partial charge in [0, 0.05) is 43.7 Å². The fourth-order valence-electron chi connectivity index (χ4n) is 4.81. The van der Waals surface area contributed by atoms with Crippen molar-refractivity contribution in [3.8, 4) is 11.5 Å². The van der Waals surface area contributed by atoms with Crippen LogP contribution in [0.4, 0.5) is 10.8 Å². The minimum Gasteiger partial charge on any atom is -0.497 e. The second-order valence-electron chi connectivity index (χ2n) is 10.4. The minimum absolute atomic E-state index is 0.00381. The van der Waals surface area contributed by atoms with Crippen LogP contribution in [0.25, 0.3) is 0 Å². The zero-order valence-electron chi connectivity index (χ0n) is 24.7. The van der Waals surface area contributed by atoms with E-state index in [1.165, 1.54) is 16.2 Å². The molecule has 224 valence electrons. The van der Waals surface area contributed by atoms with Crippen molar-refractivity contribution in [2.24, 2.45) is 5.92 Å². The molecule has 2 heterocycles. The van der Waals surface area contributed by atoms with Crippen LogP contribution in [-0.4, -0.2) is 85.5 Å². The molecule has 1 aliphatic rings. The summed E-state index contributed by atoms with van der Waals surface area (Å²) in [7, 11) is 1.57. The second kappa shape index (κ2) is 14.7. The number of piperazine rings is 1. The Morgan fingerprint density at radius 1 is 1.05 bits per heavy atom. The third-order valence-electron chi connectivity index (χ3n) is 6.81. The van der Waals surface area contributed by atoms with E-state index in [-0.39, 0.29) is 36.6 Å². The molecule has 1 aliphatic heterocycles. The number of carbonyl (C=O) groups excluding carboxylic acids is 3. The monoisotopic (exact) mass is 593 g/mol. The SMILES string of the molecule is CCOc1ccccc1N1CCN(C(=O)Cc2csc(NC(=O)CN(CC(C)C)C(=O)c3ccc(OC)cc3)n2)CC1. The van der Waals surface area contributed by atoms with Crippen LogP contribution >= 0.6 is 11.3 Å². The first-order valence-electron chi connectivity index (χ1n) is 14.2. The van der Waals surface area contributed by atoms with E-state index >= 15 is 0 Å². The summed E-state index contributed by atoms with van der Waals surface area (Å²) in [5.41, 5.74) is 2.14. The Hall–Kier alpha value is -4.12. The molecule has 1 N–H and O–H groups in total. The molecule has 0 atom stereocenters. The normalized spacial score (nSPS) is 13.2. The fourth-order valence-corrected chi connectivity index (χ4v) is 5.54. The quantitative estimate of drug-likeness (QED) is 0.336. The van der Waals surface area contributed by atoms with Crippen LogP contribution < -0.4 is 19.7 Å². The molecular formula is C31H39N5O5S.